The fourth-order valence-corrected chi connectivity index (χ4v) is 8.30. The largest absolute Gasteiger partial charge is 0.446 e. The number of hydrogen-bond acceptors (Lipinski definition) is 3. The van der Waals surface area contributed by atoms with Crippen LogP contribution in [0.1, 0.15) is 76.7 Å². The number of nitrogens with zero attached hydrogens (tertiary/aromatic N) is 1. The van der Waals surface area contributed by atoms with Crippen molar-refractivity contribution in [2.45, 2.75) is 95.2 Å². The Hall–Kier alpha value is -2.50. The summed E-state index contributed by atoms with van der Waals surface area (Å²) in [5, 5.41) is 4.20. The average molecular weight is 492 g/mol. The third-order valence-corrected chi connectivity index (χ3v) is 9.90. The molecule has 0 unspecified atom stereocenters. The first-order valence-electron chi connectivity index (χ1n) is 14.2. The van der Waals surface area contributed by atoms with Crippen molar-refractivity contribution in [2.24, 2.45) is 23.7 Å². The van der Waals surface area contributed by atoms with Crippen LogP contribution in [0.3, 0.4) is 0 Å². The molecule has 5 fully saturated rings. The van der Waals surface area contributed by atoms with Crippen molar-refractivity contribution in [3.05, 3.63) is 36.0 Å². The molecule has 6 heteroatoms. The third kappa shape index (κ3) is 4.41. The van der Waals surface area contributed by atoms with Gasteiger partial charge in [0.15, 0.2) is 0 Å². The van der Waals surface area contributed by atoms with Gasteiger partial charge in [-0.3, -0.25) is 4.79 Å². The summed E-state index contributed by atoms with van der Waals surface area (Å²) in [6, 6.07) is 8.37. The zero-order valence-electron chi connectivity index (χ0n) is 21.8. The number of amides is 2. The number of likely N-dealkylation sites (N-methyl/N-ethyl adjacent to an activating group) is 1. The van der Waals surface area contributed by atoms with Gasteiger partial charge in [-0.15, -0.1) is 0 Å². The van der Waals surface area contributed by atoms with Crippen LogP contribution in [0.2, 0.25) is 0 Å². The van der Waals surface area contributed by atoms with Gasteiger partial charge in [0, 0.05) is 36.6 Å². The Kier molecular flexibility index (Phi) is 6.25. The maximum absolute atomic E-state index is 14.0. The lowest BCUT2D eigenvalue weighted by atomic mass is 9.55. The van der Waals surface area contributed by atoms with Crippen LogP contribution in [-0.2, 0) is 16.0 Å². The number of para-hydroxylation sites is 1. The van der Waals surface area contributed by atoms with Crippen LogP contribution in [0.25, 0.3) is 10.9 Å². The van der Waals surface area contributed by atoms with E-state index >= 15 is 0 Å². The molecule has 2 aromatic rings. The first-order valence-corrected chi connectivity index (χ1v) is 14.2. The van der Waals surface area contributed by atoms with Gasteiger partial charge in [0.1, 0.15) is 11.6 Å². The number of hydrogen-bond donors (Lipinski definition) is 2. The highest BCUT2D eigenvalue weighted by atomic mass is 16.6. The number of ether oxygens (including phenoxy) is 1. The molecular formula is C30H41N3O3. The number of alkyl carbamates (subject to hydrolysis) is 1. The van der Waals surface area contributed by atoms with Gasteiger partial charge in [0.25, 0.3) is 0 Å². The Balaban J connectivity index is 1.23. The lowest BCUT2D eigenvalue weighted by molar-refractivity contribution is -0.139. The minimum Gasteiger partial charge on any atom is -0.446 e. The van der Waals surface area contributed by atoms with Gasteiger partial charge in [-0.05, 0) is 87.2 Å². The van der Waals surface area contributed by atoms with Gasteiger partial charge < -0.3 is 19.9 Å². The zero-order chi connectivity index (χ0) is 24.9. The number of nitrogens with one attached hydrogen (secondary N) is 2. The smallest absolute Gasteiger partial charge is 0.408 e. The summed E-state index contributed by atoms with van der Waals surface area (Å²) in [4.78, 5) is 32.7. The molecule has 4 bridgehead atoms. The monoisotopic (exact) mass is 491 g/mol. The molecule has 0 aliphatic heterocycles. The second-order valence-electron chi connectivity index (χ2n) is 12.5. The predicted octanol–water partition coefficient (Wildman–Crippen LogP) is 5.81. The number of aromatic amines is 1. The molecule has 5 aliphatic rings. The van der Waals surface area contributed by atoms with E-state index in [0.717, 1.165) is 54.0 Å². The standard InChI is InChI=1S/C30H41N3O3/c1-30(28(34)33(2)24-8-4-3-5-9-24,17-23-18-31-26-11-7-6-10-25(23)26)32-29(35)36-27-21-13-19-12-20(15-21)16-22(27)14-19/h6-7,10-11,18-22,24,27,31H,3-5,8-9,12-17H2,1-2H3,(H,32,35)/t19?,20?,21?,22?,27?,30-/m1/s1. The molecule has 0 radical (unpaired) electrons. The quantitative estimate of drug-likeness (QED) is 0.535. The Morgan fingerprint density at radius 2 is 1.69 bits per heavy atom. The Bertz CT molecular complexity index is 1090. The van der Waals surface area contributed by atoms with E-state index in [1.807, 2.05) is 43.3 Å². The van der Waals surface area contributed by atoms with Crippen LogP contribution in [-0.4, -0.2) is 46.6 Å². The number of fused-ring (bicyclic) bond motifs is 1. The van der Waals surface area contributed by atoms with E-state index in [4.69, 9.17) is 4.74 Å². The maximum Gasteiger partial charge on any atom is 0.408 e. The molecule has 5 saturated carbocycles. The minimum atomic E-state index is -1.08. The van der Waals surface area contributed by atoms with Crippen LogP contribution in [0.4, 0.5) is 4.79 Å². The molecule has 2 N–H and O–H groups in total. The fraction of sp³-hybridized carbons (Fsp3) is 0.667. The Morgan fingerprint density at radius 1 is 1.03 bits per heavy atom. The molecule has 1 heterocycles. The molecule has 5 aliphatic carbocycles. The van der Waals surface area contributed by atoms with Gasteiger partial charge in [-0.2, -0.15) is 0 Å². The van der Waals surface area contributed by atoms with E-state index in [1.54, 1.807) is 0 Å². The van der Waals surface area contributed by atoms with Gasteiger partial charge in [-0.25, -0.2) is 4.79 Å². The van der Waals surface area contributed by atoms with Gasteiger partial charge in [0.05, 0.1) is 0 Å². The summed E-state index contributed by atoms with van der Waals surface area (Å²) in [5.41, 5.74) is 0.993. The Labute approximate surface area is 214 Å². The molecule has 36 heavy (non-hydrogen) atoms. The van der Waals surface area contributed by atoms with E-state index in [2.05, 4.69) is 16.4 Å². The third-order valence-electron chi connectivity index (χ3n) is 9.90. The highest BCUT2D eigenvalue weighted by Crippen LogP contribution is 2.54. The van der Waals surface area contributed by atoms with E-state index < -0.39 is 11.6 Å². The lowest BCUT2D eigenvalue weighted by Crippen LogP contribution is -2.61. The number of carbonyl (C=O) groups is 2. The molecule has 7 rings (SSSR count). The van der Waals surface area contributed by atoms with Crippen molar-refractivity contribution in [3.8, 4) is 0 Å². The van der Waals surface area contributed by atoms with Crippen molar-refractivity contribution in [1.29, 1.82) is 0 Å². The summed E-state index contributed by atoms with van der Waals surface area (Å²) in [6.45, 7) is 1.88. The summed E-state index contributed by atoms with van der Waals surface area (Å²) in [5.74, 6) is 2.61. The molecule has 1 aromatic heterocycles. The van der Waals surface area contributed by atoms with Crippen LogP contribution >= 0.6 is 0 Å². The molecule has 194 valence electrons. The van der Waals surface area contributed by atoms with Crippen LogP contribution in [0, 0.1) is 23.7 Å². The van der Waals surface area contributed by atoms with Crippen molar-refractivity contribution in [2.75, 3.05) is 7.05 Å². The molecule has 0 spiro atoms. The highest BCUT2D eigenvalue weighted by Gasteiger charge is 2.50. The second-order valence-corrected chi connectivity index (χ2v) is 12.5. The maximum atomic E-state index is 14.0. The summed E-state index contributed by atoms with van der Waals surface area (Å²) in [6.07, 6.45) is 13.7. The van der Waals surface area contributed by atoms with Gasteiger partial charge >= 0.3 is 6.09 Å². The van der Waals surface area contributed by atoms with Crippen molar-refractivity contribution >= 4 is 22.9 Å². The second kappa shape index (κ2) is 9.42. The predicted molar refractivity (Wildman–Crippen MR) is 141 cm³/mol. The first kappa shape index (κ1) is 23.9. The summed E-state index contributed by atoms with van der Waals surface area (Å²) < 4.78 is 6.18. The first-order chi connectivity index (χ1) is 17.4. The van der Waals surface area contributed by atoms with E-state index in [1.165, 1.54) is 38.5 Å². The van der Waals surface area contributed by atoms with E-state index in [0.29, 0.717) is 18.3 Å². The molecule has 6 nitrogen and oxygen atoms in total. The van der Waals surface area contributed by atoms with E-state index in [9.17, 15) is 9.59 Å². The van der Waals surface area contributed by atoms with Crippen molar-refractivity contribution < 1.29 is 14.3 Å². The van der Waals surface area contributed by atoms with Crippen molar-refractivity contribution in [1.82, 2.24) is 15.2 Å². The Morgan fingerprint density at radius 3 is 2.39 bits per heavy atom. The van der Waals surface area contributed by atoms with Crippen LogP contribution in [0.15, 0.2) is 30.5 Å². The summed E-state index contributed by atoms with van der Waals surface area (Å²) >= 11 is 0. The zero-order valence-corrected chi connectivity index (χ0v) is 21.8. The number of H-pyrrole nitrogens is 1. The normalized spacial score (nSPS) is 31.2. The fourth-order valence-electron chi connectivity index (χ4n) is 8.30. The lowest BCUT2D eigenvalue weighted by Gasteiger charge is -2.53. The van der Waals surface area contributed by atoms with Crippen LogP contribution < -0.4 is 5.32 Å². The number of aromatic nitrogens is 1. The van der Waals surface area contributed by atoms with Gasteiger partial charge in [0.2, 0.25) is 5.91 Å². The van der Waals surface area contributed by atoms with E-state index in [-0.39, 0.29) is 18.1 Å². The molecule has 0 saturated heterocycles. The summed E-state index contributed by atoms with van der Waals surface area (Å²) in [7, 11) is 1.91. The number of carbonyl (C=O) groups excluding carboxylic acids is 2. The number of benzene rings is 1. The SMILES string of the molecule is CN(C(=O)[C@@](C)(Cc1c[nH]c2ccccc12)NC(=O)OC1C2CC3CC(C2)CC1C3)C1CCCCC1. The van der Waals surface area contributed by atoms with Gasteiger partial charge in [-0.1, -0.05) is 37.5 Å². The molecule has 1 aromatic carbocycles. The molecule has 1 atom stereocenters. The van der Waals surface area contributed by atoms with Crippen molar-refractivity contribution in [3.63, 3.8) is 0 Å². The topological polar surface area (TPSA) is 74.4 Å². The number of rotatable bonds is 6. The van der Waals surface area contributed by atoms with Crippen LogP contribution in [0.5, 0.6) is 0 Å². The minimum absolute atomic E-state index is 0.00122. The molecular weight excluding hydrogens is 450 g/mol. The average Bonchev–Trinajstić information content (AvgIpc) is 3.27. The highest BCUT2D eigenvalue weighted by molar-refractivity contribution is 5.91. The molecule has 2 amide bonds.